The van der Waals surface area contributed by atoms with Gasteiger partial charge in [0.15, 0.2) is 0 Å². The summed E-state index contributed by atoms with van der Waals surface area (Å²) in [6.07, 6.45) is 9.82. The minimum absolute atomic E-state index is 1.01. The van der Waals surface area contributed by atoms with Crippen LogP contribution in [0.15, 0.2) is 0 Å². The Kier molecular flexibility index (Phi) is 7.87. The predicted molar refractivity (Wildman–Crippen MR) is 71.8 cm³/mol. The van der Waals surface area contributed by atoms with Gasteiger partial charge in [-0.1, -0.05) is 19.8 Å². The van der Waals surface area contributed by atoms with E-state index in [4.69, 9.17) is 0 Å². The van der Waals surface area contributed by atoms with Gasteiger partial charge in [0.2, 0.25) is 0 Å². The van der Waals surface area contributed by atoms with E-state index in [0.717, 1.165) is 5.92 Å². The number of nitrogens with zero attached hydrogens (tertiary/aromatic N) is 1. The third-order valence-corrected chi connectivity index (χ3v) is 3.92. The number of hydrogen-bond donors (Lipinski definition) is 1. The normalized spacial score (nSPS) is 23.2. The molecule has 0 aromatic carbocycles. The highest BCUT2D eigenvalue weighted by Gasteiger charge is 2.14. The molecule has 0 aliphatic carbocycles. The summed E-state index contributed by atoms with van der Waals surface area (Å²) in [5.41, 5.74) is 0. The first-order valence-corrected chi connectivity index (χ1v) is 7.23. The molecule has 96 valence electrons. The molecule has 0 radical (unpaired) electrons. The van der Waals surface area contributed by atoms with Crippen molar-refractivity contribution in [3.8, 4) is 0 Å². The Labute approximate surface area is 102 Å². The van der Waals surface area contributed by atoms with Crippen molar-refractivity contribution < 1.29 is 0 Å². The molecule has 0 saturated carbocycles. The van der Waals surface area contributed by atoms with E-state index in [0.29, 0.717) is 0 Å². The Morgan fingerprint density at radius 1 is 1.12 bits per heavy atom. The lowest BCUT2D eigenvalue weighted by Gasteiger charge is -2.19. The zero-order valence-corrected chi connectivity index (χ0v) is 11.3. The lowest BCUT2D eigenvalue weighted by atomic mass is 9.98. The molecule has 1 saturated heterocycles. The van der Waals surface area contributed by atoms with Gasteiger partial charge in [-0.2, -0.15) is 0 Å². The van der Waals surface area contributed by atoms with Crippen molar-refractivity contribution in [2.75, 3.05) is 33.2 Å². The van der Waals surface area contributed by atoms with E-state index in [1.165, 1.54) is 71.1 Å². The highest BCUT2D eigenvalue weighted by molar-refractivity contribution is 4.69. The van der Waals surface area contributed by atoms with Gasteiger partial charge in [-0.15, -0.1) is 0 Å². The van der Waals surface area contributed by atoms with Crippen LogP contribution in [0.1, 0.15) is 51.9 Å². The highest BCUT2D eigenvalue weighted by Crippen LogP contribution is 2.20. The van der Waals surface area contributed by atoms with Gasteiger partial charge in [0.05, 0.1) is 0 Å². The van der Waals surface area contributed by atoms with Crippen LogP contribution in [0.2, 0.25) is 0 Å². The Bertz CT molecular complexity index is 159. The van der Waals surface area contributed by atoms with Crippen LogP contribution in [0.25, 0.3) is 0 Å². The van der Waals surface area contributed by atoms with Gasteiger partial charge in [0.1, 0.15) is 0 Å². The topological polar surface area (TPSA) is 15.3 Å². The first kappa shape index (κ1) is 14.0. The molecule has 2 heteroatoms. The second kappa shape index (κ2) is 9.00. The van der Waals surface area contributed by atoms with Crippen molar-refractivity contribution in [3.63, 3.8) is 0 Å². The minimum Gasteiger partial charge on any atom is -0.320 e. The number of rotatable bonds is 7. The number of hydrogen-bond acceptors (Lipinski definition) is 2. The van der Waals surface area contributed by atoms with Gasteiger partial charge in [-0.3, -0.25) is 0 Å². The molecule has 0 aromatic rings. The molecule has 1 aliphatic heterocycles. The van der Waals surface area contributed by atoms with Crippen LogP contribution in [0.3, 0.4) is 0 Å². The molecule has 2 nitrogen and oxygen atoms in total. The summed E-state index contributed by atoms with van der Waals surface area (Å²) >= 11 is 0. The largest absolute Gasteiger partial charge is 0.320 e. The van der Waals surface area contributed by atoms with Crippen LogP contribution in [-0.4, -0.2) is 38.1 Å². The molecule has 1 fully saturated rings. The molecule has 1 aliphatic rings. The summed E-state index contributed by atoms with van der Waals surface area (Å²) in [5.74, 6) is 1.01. The molecular formula is C14H30N2. The lowest BCUT2D eigenvalue weighted by Crippen LogP contribution is -2.26. The van der Waals surface area contributed by atoms with E-state index in [1.54, 1.807) is 0 Å². The molecule has 1 rings (SSSR count). The number of likely N-dealkylation sites (tertiary alicyclic amines) is 1. The van der Waals surface area contributed by atoms with E-state index in [-0.39, 0.29) is 0 Å². The fraction of sp³-hybridized carbons (Fsp3) is 1.00. The quantitative estimate of drug-likeness (QED) is 0.672. The van der Waals surface area contributed by atoms with Crippen LogP contribution in [-0.2, 0) is 0 Å². The molecule has 1 N–H and O–H groups in total. The third kappa shape index (κ3) is 5.86. The van der Waals surface area contributed by atoms with E-state index in [9.17, 15) is 0 Å². The van der Waals surface area contributed by atoms with Gasteiger partial charge < -0.3 is 10.2 Å². The second-order valence-electron chi connectivity index (χ2n) is 5.21. The molecule has 0 aromatic heterocycles. The van der Waals surface area contributed by atoms with Crippen molar-refractivity contribution in [1.29, 1.82) is 0 Å². The van der Waals surface area contributed by atoms with E-state index < -0.39 is 0 Å². The van der Waals surface area contributed by atoms with Crippen LogP contribution >= 0.6 is 0 Å². The van der Waals surface area contributed by atoms with Crippen molar-refractivity contribution >= 4 is 0 Å². The molecule has 1 atom stereocenters. The average molecular weight is 226 g/mol. The average Bonchev–Trinajstić information content (AvgIpc) is 2.54. The van der Waals surface area contributed by atoms with E-state index >= 15 is 0 Å². The Balaban J connectivity index is 2.03. The Morgan fingerprint density at radius 3 is 2.75 bits per heavy atom. The summed E-state index contributed by atoms with van der Waals surface area (Å²) < 4.78 is 0. The number of unbranched alkanes of at least 4 members (excludes halogenated alkanes) is 2. The summed E-state index contributed by atoms with van der Waals surface area (Å²) in [7, 11) is 2.04. The maximum absolute atomic E-state index is 3.22. The van der Waals surface area contributed by atoms with Gasteiger partial charge in [0.25, 0.3) is 0 Å². The molecular weight excluding hydrogens is 196 g/mol. The summed E-state index contributed by atoms with van der Waals surface area (Å²) in [6, 6.07) is 0. The van der Waals surface area contributed by atoms with Gasteiger partial charge in [0, 0.05) is 0 Å². The zero-order valence-electron chi connectivity index (χ0n) is 11.3. The zero-order chi connectivity index (χ0) is 11.6. The molecule has 16 heavy (non-hydrogen) atoms. The summed E-state index contributed by atoms with van der Waals surface area (Å²) in [6.45, 7) is 7.56. The number of nitrogens with one attached hydrogen (secondary N) is 1. The smallest absolute Gasteiger partial charge is 0.00161 e. The van der Waals surface area contributed by atoms with Crippen LogP contribution in [0.4, 0.5) is 0 Å². The maximum atomic E-state index is 3.22. The predicted octanol–water partition coefficient (Wildman–Crippen LogP) is 2.89. The van der Waals surface area contributed by atoms with E-state index in [2.05, 4.69) is 17.1 Å². The van der Waals surface area contributed by atoms with Gasteiger partial charge in [-0.25, -0.2) is 0 Å². The molecule has 0 spiro atoms. The summed E-state index contributed by atoms with van der Waals surface area (Å²) in [5, 5.41) is 3.22. The van der Waals surface area contributed by atoms with Gasteiger partial charge in [-0.05, 0) is 71.2 Å². The first-order valence-electron chi connectivity index (χ1n) is 7.23. The minimum atomic E-state index is 1.01. The molecule has 1 heterocycles. The van der Waals surface area contributed by atoms with Crippen molar-refractivity contribution in [1.82, 2.24) is 10.2 Å². The van der Waals surface area contributed by atoms with Crippen molar-refractivity contribution in [2.45, 2.75) is 51.9 Å². The van der Waals surface area contributed by atoms with E-state index in [1.807, 2.05) is 7.05 Å². The fourth-order valence-electron chi connectivity index (χ4n) is 2.67. The highest BCUT2D eigenvalue weighted by atomic mass is 15.1. The maximum Gasteiger partial charge on any atom is -0.00161 e. The van der Waals surface area contributed by atoms with Crippen LogP contribution in [0.5, 0.6) is 0 Å². The fourth-order valence-corrected chi connectivity index (χ4v) is 2.67. The third-order valence-electron chi connectivity index (χ3n) is 3.92. The van der Waals surface area contributed by atoms with Crippen molar-refractivity contribution in [2.24, 2.45) is 5.92 Å². The second-order valence-corrected chi connectivity index (χ2v) is 5.21. The van der Waals surface area contributed by atoms with Crippen LogP contribution < -0.4 is 5.32 Å². The standard InChI is InChI=1S/C14H30N2/c1-3-14-8-7-12-16(13-9-14)11-6-4-5-10-15-2/h14-15H,3-13H2,1-2H3. The Morgan fingerprint density at radius 2 is 2.00 bits per heavy atom. The first-order chi connectivity index (χ1) is 7.86. The lowest BCUT2D eigenvalue weighted by molar-refractivity contribution is 0.273. The Hall–Kier alpha value is -0.0800. The monoisotopic (exact) mass is 226 g/mol. The SMILES string of the molecule is CCC1CCCN(CCCCCNC)CC1. The van der Waals surface area contributed by atoms with Gasteiger partial charge >= 0.3 is 0 Å². The molecule has 0 amide bonds. The molecule has 1 unspecified atom stereocenters. The van der Waals surface area contributed by atoms with Crippen LogP contribution in [0, 0.1) is 5.92 Å². The van der Waals surface area contributed by atoms with Crippen molar-refractivity contribution in [3.05, 3.63) is 0 Å². The summed E-state index contributed by atoms with van der Waals surface area (Å²) in [4.78, 5) is 2.69. The molecule has 0 bridgehead atoms.